The van der Waals surface area contributed by atoms with Crippen molar-refractivity contribution in [1.82, 2.24) is 9.88 Å². The summed E-state index contributed by atoms with van der Waals surface area (Å²) in [4.78, 5) is 20.0. The predicted molar refractivity (Wildman–Crippen MR) is 74.5 cm³/mol. The van der Waals surface area contributed by atoms with Crippen molar-refractivity contribution < 1.29 is 9.53 Å². The minimum Gasteiger partial charge on any atom is -0.378 e. The lowest BCUT2D eigenvalue weighted by Gasteiger charge is -2.30. The van der Waals surface area contributed by atoms with E-state index in [1.807, 2.05) is 25.1 Å². The quantitative estimate of drug-likeness (QED) is 0.854. The number of pyridine rings is 1. The maximum absolute atomic E-state index is 11.8. The minimum atomic E-state index is -0.0347. The van der Waals surface area contributed by atoms with E-state index in [9.17, 15) is 4.79 Å². The fourth-order valence-corrected chi connectivity index (χ4v) is 2.04. The van der Waals surface area contributed by atoms with Gasteiger partial charge in [0.1, 0.15) is 0 Å². The molecule has 0 bridgehead atoms. The highest BCUT2D eigenvalue weighted by atomic mass is 16.5. The number of aromatic nitrogens is 1. The molecular formula is C13H20N4O2. The minimum absolute atomic E-state index is 0.0347. The Hall–Kier alpha value is -1.66. The molecule has 0 aromatic carbocycles. The SMILES string of the molecule is CN(C)CC(=O)Nc1cnccc1N1CCOCC1. The lowest BCUT2D eigenvalue weighted by molar-refractivity contribution is -0.116. The number of carbonyl (C=O) groups excluding carboxylic acids is 1. The molecule has 1 aliphatic rings. The molecule has 1 aromatic rings. The smallest absolute Gasteiger partial charge is 0.238 e. The predicted octanol–water partition coefficient (Wildman–Crippen LogP) is 0.418. The molecule has 1 fully saturated rings. The van der Waals surface area contributed by atoms with Gasteiger partial charge in [0.15, 0.2) is 0 Å². The Morgan fingerprint density at radius 2 is 2.21 bits per heavy atom. The summed E-state index contributed by atoms with van der Waals surface area (Å²) in [7, 11) is 3.73. The second-order valence-corrected chi connectivity index (χ2v) is 4.78. The van der Waals surface area contributed by atoms with Crippen LogP contribution in [-0.4, -0.2) is 62.7 Å². The summed E-state index contributed by atoms with van der Waals surface area (Å²) in [6.45, 7) is 3.46. The van der Waals surface area contributed by atoms with E-state index in [1.54, 1.807) is 12.4 Å². The number of hydrogen-bond acceptors (Lipinski definition) is 5. The van der Waals surface area contributed by atoms with Crippen LogP contribution in [0.3, 0.4) is 0 Å². The van der Waals surface area contributed by atoms with Crippen LogP contribution in [0.15, 0.2) is 18.5 Å². The van der Waals surface area contributed by atoms with E-state index in [4.69, 9.17) is 4.74 Å². The van der Waals surface area contributed by atoms with Crippen LogP contribution in [0.2, 0.25) is 0 Å². The maximum atomic E-state index is 11.8. The largest absolute Gasteiger partial charge is 0.378 e. The number of likely N-dealkylation sites (N-methyl/N-ethyl adjacent to an activating group) is 1. The Balaban J connectivity index is 2.09. The fraction of sp³-hybridized carbons (Fsp3) is 0.538. The van der Waals surface area contributed by atoms with Crippen LogP contribution in [0.25, 0.3) is 0 Å². The molecule has 104 valence electrons. The zero-order chi connectivity index (χ0) is 13.7. The van der Waals surface area contributed by atoms with Gasteiger partial charge in [-0.15, -0.1) is 0 Å². The van der Waals surface area contributed by atoms with Crippen LogP contribution in [0.1, 0.15) is 0 Å². The molecular weight excluding hydrogens is 244 g/mol. The molecule has 1 aromatic heterocycles. The molecule has 2 rings (SSSR count). The molecule has 19 heavy (non-hydrogen) atoms. The lowest BCUT2D eigenvalue weighted by atomic mass is 10.2. The summed E-state index contributed by atoms with van der Waals surface area (Å²) in [6.07, 6.45) is 3.44. The first-order valence-corrected chi connectivity index (χ1v) is 6.38. The van der Waals surface area contributed by atoms with Crippen molar-refractivity contribution in [1.29, 1.82) is 0 Å². The molecule has 0 aliphatic carbocycles. The molecule has 6 nitrogen and oxygen atoms in total. The molecule has 2 heterocycles. The van der Waals surface area contributed by atoms with Crippen molar-refractivity contribution in [3.8, 4) is 0 Å². The zero-order valence-electron chi connectivity index (χ0n) is 11.4. The third kappa shape index (κ3) is 3.90. The van der Waals surface area contributed by atoms with Crippen LogP contribution in [0.5, 0.6) is 0 Å². The molecule has 6 heteroatoms. The number of anilines is 2. The van der Waals surface area contributed by atoms with Gasteiger partial charge >= 0.3 is 0 Å². The molecule has 1 saturated heterocycles. The number of rotatable bonds is 4. The van der Waals surface area contributed by atoms with Crippen LogP contribution in [0, 0.1) is 0 Å². The van der Waals surface area contributed by atoms with E-state index < -0.39 is 0 Å². The van der Waals surface area contributed by atoms with Crippen molar-refractivity contribution >= 4 is 17.3 Å². The first-order chi connectivity index (χ1) is 9.16. The highest BCUT2D eigenvalue weighted by Crippen LogP contribution is 2.25. The summed E-state index contributed by atoms with van der Waals surface area (Å²) >= 11 is 0. The first kappa shape index (κ1) is 13.8. The molecule has 1 aliphatic heterocycles. The third-order valence-electron chi connectivity index (χ3n) is 2.88. The van der Waals surface area contributed by atoms with Crippen molar-refractivity contribution in [2.24, 2.45) is 0 Å². The average molecular weight is 264 g/mol. The van der Waals surface area contributed by atoms with Crippen molar-refractivity contribution in [2.75, 3.05) is 57.2 Å². The van der Waals surface area contributed by atoms with Gasteiger partial charge in [-0.3, -0.25) is 9.78 Å². The highest BCUT2D eigenvalue weighted by Gasteiger charge is 2.16. The summed E-state index contributed by atoms with van der Waals surface area (Å²) in [5.41, 5.74) is 1.77. The van der Waals surface area contributed by atoms with E-state index in [-0.39, 0.29) is 5.91 Å². The van der Waals surface area contributed by atoms with Crippen molar-refractivity contribution in [2.45, 2.75) is 0 Å². The molecule has 0 spiro atoms. The monoisotopic (exact) mass is 264 g/mol. The molecule has 1 N–H and O–H groups in total. The number of morpholine rings is 1. The fourth-order valence-electron chi connectivity index (χ4n) is 2.04. The van der Waals surface area contributed by atoms with Gasteiger partial charge in [-0.25, -0.2) is 0 Å². The van der Waals surface area contributed by atoms with E-state index in [0.29, 0.717) is 19.8 Å². The second kappa shape index (κ2) is 6.49. The van der Waals surface area contributed by atoms with E-state index in [0.717, 1.165) is 24.5 Å². The normalized spacial score (nSPS) is 15.6. The van der Waals surface area contributed by atoms with Gasteiger partial charge in [0, 0.05) is 19.3 Å². The maximum Gasteiger partial charge on any atom is 0.238 e. The Morgan fingerprint density at radius 1 is 1.47 bits per heavy atom. The van der Waals surface area contributed by atoms with Crippen molar-refractivity contribution in [3.63, 3.8) is 0 Å². The highest BCUT2D eigenvalue weighted by molar-refractivity contribution is 5.95. The molecule has 0 radical (unpaired) electrons. The summed E-state index contributed by atoms with van der Waals surface area (Å²) in [5, 5.41) is 2.91. The topological polar surface area (TPSA) is 57.7 Å². The standard InChI is InChI=1S/C13H20N4O2/c1-16(2)10-13(18)15-11-9-14-4-3-12(11)17-5-7-19-8-6-17/h3-4,9H,5-8,10H2,1-2H3,(H,15,18). The van der Waals surface area contributed by atoms with Gasteiger partial charge in [-0.2, -0.15) is 0 Å². The van der Waals surface area contributed by atoms with E-state index >= 15 is 0 Å². The average Bonchev–Trinajstić information content (AvgIpc) is 2.39. The van der Waals surface area contributed by atoms with Crippen LogP contribution >= 0.6 is 0 Å². The molecule has 0 saturated carbocycles. The number of nitrogens with one attached hydrogen (secondary N) is 1. The summed E-state index contributed by atoms with van der Waals surface area (Å²) in [5.74, 6) is -0.0347. The number of amides is 1. The first-order valence-electron chi connectivity index (χ1n) is 6.38. The van der Waals surface area contributed by atoms with Crippen LogP contribution in [0.4, 0.5) is 11.4 Å². The summed E-state index contributed by atoms with van der Waals surface area (Å²) < 4.78 is 5.34. The van der Waals surface area contributed by atoms with Crippen LogP contribution < -0.4 is 10.2 Å². The second-order valence-electron chi connectivity index (χ2n) is 4.78. The number of hydrogen-bond donors (Lipinski definition) is 1. The number of carbonyl (C=O) groups is 1. The Labute approximate surface area is 113 Å². The molecule has 0 atom stereocenters. The lowest BCUT2D eigenvalue weighted by Crippen LogP contribution is -2.37. The Kier molecular flexibility index (Phi) is 4.70. The number of ether oxygens (including phenoxy) is 1. The zero-order valence-corrected chi connectivity index (χ0v) is 11.4. The Morgan fingerprint density at radius 3 is 2.89 bits per heavy atom. The van der Waals surface area contributed by atoms with Gasteiger partial charge in [0.2, 0.25) is 5.91 Å². The van der Waals surface area contributed by atoms with Crippen molar-refractivity contribution in [3.05, 3.63) is 18.5 Å². The number of nitrogens with zero attached hydrogens (tertiary/aromatic N) is 3. The van der Waals surface area contributed by atoms with Gasteiger partial charge in [-0.1, -0.05) is 0 Å². The molecule has 1 amide bonds. The third-order valence-corrected chi connectivity index (χ3v) is 2.88. The van der Waals surface area contributed by atoms with Gasteiger partial charge < -0.3 is 19.9 Å². The van der Waals surface area contributed by atoms with Gasteiger partial charge in [0.05, 0.1) is 37.3 Å². The van der Waals surface area contributed by atoms with Crippen LogP contribution in [-0.2, 0) is 9.53 Å². The molecule has 0 unspecified atom stereocenters. The van der Waals surface area contributed by atoms with Gasteiger partial charge in [-0.05, 0) is 20.2 Å². The summed E-state index contributed by atoms with van der Waals surface area (Å²) in [6, 6.07) is 1.93. The van der Waals surface area contributed by atoms with E-state index in [1.165, 1.54) is 0 Å². The van der Waals surface area contributed by atoms with E-state index in [2.05, 4.69) is 15.2 Å². The Bertz CT molecular complexity index is 430. The van der Waals surface area contributed by atoms with Gasteiger partial charge in [0.25, 0.3) is 0 Å².